The summed E-state index contributed by atoms with van der Waals surface area (Å²) in [5.74, 6) is -0.612. The largest absolute Gasteiger partial charge is 0.504 e. The molecule has 0 atom stereocenters. The van der Waals surface area contributed by atoms with Crippen LogP contribution in [0.1, 0.15) is 10.4 Å². The highest BCUT2D eigenvalue weighted by Crippen LogP contribution is 2.47. The zero-order chi connectivity index (χ0) is 14.0. The van der Waals surface area contributed by atoms with E-state index in [-0.39, 0.29) is 17.4 Å². The van der Waals surface area contributed by atoms with E-state index in [1.807, 2.05) is 30.3 Å². The second kappa shape index (κ2) is 3.42. The molecular weight excluding hydrogens is 254 g/mol. The van der Waals surface area contributed by atoms with Crippen LogP contribution in [-0.4, -0.2) is 23.2 Å². The lowest BCUT2D eigenvalue weighted by molar-refractivity contribution is 0.0998. The Morgan fingerprint density at radius 1 is 1.05 bits per heavy atom. The molecule has 1 amide bonds. The number of anilines is 1. The van der Waals surface area contributed by atoms with Crippen LogP contribution >= 0.6 is 0 Å². The van der Waals surface area contributed by atoms with Crippen LogP contribution in [0.3, 0.4) is 0 Å². The van der Waals surface area contributed by atoms with Crippen molar-refractivity contribution in [1.82, 2.24) is 0 Å². The molecular formula is C16H11NO3. The van der Waals surface area contributed by atoms with Crippen molar-refractivity contribution < 1.29 is 15.0 Å². The molecule has 2 N–H and O–H groups in total. The highest BCUT2D eigenvalue weighted by Gasteiger charge is 2.30. The van der Waals surface area contributed by atoms with Gasteiger partial charge in [-0.3, -0.25) is 4.79 Å². The maximum Gasteiger partial charge on any atom is 0.258 e. The van der Waals surface area contributed by atoms with E-state index in [0.29, 0.717) is 16.3 Å². The average Bonchev–Trinajstić information content (AvgIpc) is 2.69. The molecule has 3 aromatic carbocycles. The molecule has 0 aliphatic carbocycles. The normalized spacial score (nSPS) is 13.7. The molecule has 3 aromatic rings. The van der Waals surface area contributed by atoms with Gasteiger partial charge in [0.05, 0.1) is 11.3 Å². The Kier molecular flexibility index (Phi) is 1.90. The topological polar surface area (TPSA) is 60.8 Å². The first-order valence-electron chi connectivity index (χ1n) is 6.28. The summed E-state index contributed by atoms with van der Waals surface area (Å²) in [6.45, 7) is 0. The van der Waals surface area contributed by atoms with Crippen LogP contribution in [0, 0.1) is 0 Å². The van der Waals surface area contributed by atoms with Gasteiger partial charge in [0.2, 0.25) is 0 Å². The predicted octanol–water partition coefficient (Wildman–Crippen LogP) is 2.99. The van der Waals surface area contributed by atoms with Crippen molar-refractivity contribution in [2.75, 3.05) is 11.9 Å². The lowest BCUT2D eigenvalue weighted by Crippen LogP contribution is -2.20. The number of benzene rings is 3. The van der Waals surface area contributed by atoms with Gasteiger partial charge in [0.15, 0.2) is 11.5 Å². The zero-order valence-corrected chi connectivity index (χ0v) is 10.7. The van der Waals surface area contributed by atoms with Crippen molar-refractivity contribution in [2.24, 2.45) is 0 Å². The number of rotatable bonds is 0. The van der Waals surface area contributed by atoms with E-state index in [1.54, 1.807) is 11.9 Å². The van der Waals surface area contributed by atoms with Crippen molar-refractivity contribution in [3.05, 3.63) is 42.0 Å². The van der Waals surface area contributed by atoms with Gasteiger partial charge in [-0.25, -0.2) is 0 Å². The summed E-state index contributed by atoms with van der Waals surface area (Å²) in [5, 5.41) is 23.1. The molecule has 20 heavy (non-hydrogen) atoms. The van der Waals surface area contributed by atoms with Gasteiger partial charge in [-0.1, -0.05) is 24.3 Å². The number of phenolic OH excluding ortho intramolecular Hbond substituents is 2. The highest BCUT2D eigenvalue weighted by molar-refractivity contribution is 6.31. The molecule has 0 aromatic heterocycles. The van der Waals surface area contributed by atoms with Gasteiger partial charge in [0, 0.05) is 17.8 Å². The summed E-state index contributed by atoms with van der Waals surface area (Å²) in [6.07, 6.45) is 0. The van der Waals surface area contributed by atoms with Crippen molar-refractivity contribution in [3.8, 4) is 11.5 Å². The van der Waals surface area contributed by atoms with Crippen LogP contribution < -0.4 is 4.90 Å². The number of carbonyl (C=O) groups excluding carboxylic acids is 1. The van der Waals surface area contributed by atoms with Gasteiger partial charge in [-0.2, -0.15) is 0 Å². The molecule has 0 bridgehead atoms. The smallest absolute Gasteiger partial charge is 0.258 e. The number of hydrogen-bond donors (Lipinski definition) is 2. The maximum absolute atomic E-state index is 12.3. The molecule has 1 heterocycles. The maximum atomic E-state index is 12.3. The molecule has 0 spiro atoms. The fraction of sp³-hybridized carbons (Fsp3) is 0.0625. The summed E-state index contributed by atoms with van der Waals surface area (Å²) in [4.78, 5) is 13.8. The van der Waals surface area contributed by atoms with Crippen LogP contribution in [-0.2, 0) is 0 Å². The van der Waals surface area contributed by atoms with Crippen molar-refractivity contribution >= 4 is 33.1 Å². The average molecular weight is 265 g/mol. The molecule has 1 aliphatic heterocycles. The molecule has 4 heteroatoms. The Morgan fingerprint density at radius 2 is 1.80 bits per heavy atom. The third-order valence-electron chi connectivity index (χ3n) is 3.95. The molecule has 0 fully saturated rings. The second-order valence-corrected chi connectivity index (χ2v) is 5.02. The van der Waals surface area contributed by atoms with E-state index in [1.165, 1.54) is 6.07 Å². The van der Waals surface area contributed by atoms with E-state index in [9.17, 15) is 15.0 Å². The van der Waals surface area contributed by atoms with Gasteiger partial charge in [0.25, 0.3) is 5.91 Å². The Labute approximate surface area is 114 Å². The highest BCUT2D eigenvalue weighted by atomic mass is 16.3. The van der Waals surface area contributed by atoms with Crippen LogP contribution in [0.25, 0.3) is 21.5 Å². The first kappa shape index (κ1) is 11.1. The summed E-state index contributed by atoms with van der Waals surface area (Å²) < 4.78 is 0. The molecule has 0 saturated carbocycles. The molecule has 1 aliphatic rings. The van der Waals surface area contributed by atoms with Crippen molar-refractivity contribution in [2.45, 2.75) is 0 Å². The van der Waals surface area contributed by atoms with Crippen LogP contribution in [0.4, 0.5) is 5.69 Å². The Balaban J connectivity index is 2.38. The number of carbonyl (C=O) groups is 1. The van der Waals surface area contributed by atoms with Crippen molar-refractivity contribution in [3.63, 3.8) is 0 Å². The first-order valence-corrected chi connectivity index (χ1v) is 6.28. The second-order valence-electron chi connectivity index (χ2n) is 5.02. The van der Waals surface area contributed by atoms with Crippen LogP contribution in [0.2, 0.25) is 0 Å². The number of amides is 1. The van der Waals surface area contributed by atoms with Gasteiger partial charge in [0.1, 0.15) is 0 Å². The minimum atomic E-state index is -0.265. The summed E-state index contributed by atoms with van der Waals surface area (Å²) >= 11 is 0. The van der Waals surface area contributed by atoms with E-state index < -0.39 is 0 Å². The van der Waals surface area contributed by atoms with E-state index in [0.717, 1.165) is 16.5 Å². The molecule has 4 rings (SSSR count). The lowest BCUT2D eigenvalue weighted by atomic mass is 9.97. The number of phenols is 2. The molecule has 0 unspecified atom stereocenters. The molecule has 98 valence electrons. The van der Waals surface area contributed by atoms with E-state index in [4.69, 9.17) is 0 Å². The van der Waals surface area contributed by atoms with E-state index >= 15 is 0 Å². The van der Waals surface area contributed by atoms with E-state index in [2.05, 4.69) is 0 Å². The lowest BCUT2D eigenvalue weighted by Gasteiger charge is -2.12. The minimum absolute atomic E-state index is 0.171. The number of hydrogen-bond acceptors (Lipinski definition) is 3. The Hall–Kier alpha value is -2.75. The SMILES string of the molecule is CN1C(=O)c2cc(O)c(O)c3c2c1cc1ccccc13. The fourth-order valence-corrected chi connectivity index (χ4v) is 2.98. The summed E-state index contributed by atoms with van der Waals surface area (Å²) in [6, 6.07) is 10.8. The quantitative estimate of drug-likeness (QED) is 0.485. The zero-order valence-electron chi connectivity index (χ0n) is 10.7. The number of nitrogens with zero attached hydrogens (tertiary/aromatic N) is 1. The van der Waals surface area contributed by atoms with Gasteiger partial charge >= 0.3 is 0 Å². The minimum Gasteiger partial charge on any atom is -0.504 e. The van der Waals surface area contributed by atoms with Crippen LogP contribution in [0.15, 0.2) is 36.4 Å². The number of aromatic hydroxyl groups is 2. The summed E-state index contributed by atoms with van der Waals surface area (Å²) in [7, 11) is 1.69. The predicted molar refractivity (Wildman–Crippen MR) is 77.5 cm³/mol. The van der Waals surface area contributed by atoms with Crippen molar-refractivity contribution in [1.29, 1.82) is 0 Å². The first-order chi connectivity index (χ1) is 9.59. The summed E-state index contributed by atoms with van der Waals surface area (Å²) in [5.41, 5.74) is 1.19. The molecule has 0 saturated heterocycles. The molecule has 0 radical (unpaired) electrons. The molecule has 4 nitrogen and oxygen atoms in total. The van der Waals surface area contributed by atoms with Gasteiger partial charge in [-0.15, -0.1) is 0 Å². The third-order valence-corrected chi connectivity index (χ3v) is 3.95. The standard InChI is InChI=1S/C16H11NO3/c1-17-11-6-8-4-2-3-5-9(8)14-13(11)10(16(17)20)7-12(18)15(14)19/h2-7,18-19H,1H3. The van der Waals surface area contributed by atoms with Gasteiger partial charge in [-0.05, 0) is 22.9 Å². The Bertz CT molecular complexity index is 915. The number of fused-ring (bicyclic) bond motifs is 2. The Morgan fingerprint density at radius 3 is 2.60 bits per heavy atom. The third kappa shape index (κ3) is 1.13. The fourth-order valence-electron chi connectivity index (χ4n) is 2.98. The monoisotopic (exact) mass is 265 g/mol. The van der Waals surface area contributed by atoms with Crippen LogP contribution in [0.5, 0.6) is 11.5 Å². The van der Waals surface area contributed by atoms with Gasteiger partial charge < -0.3 is 15.1 Å².